The molecule has 2 aromatic rings. The lowest BCUT2D eigenvalue weighted by Crippen LogP contribution is -2.28. The topological polar surface area (TPSA) is 60.3 Å². The third kappa shape index (κ3) is 5.40. The highest BCUT2D eigenvalue weighted by Gasteiger charge is 2.29. The Morgan fingerprint density at radius 3 is 2.40 bits per heavy atom. The van der Waals surface area contributed by atoms with Crippen LogP contribution in [0.2, 0.25) is 10.0 Å². The standard InChI is InChI=1S/C15H11Cl2F3N2O3/c16-10-3-1-4-11(17)9(10)7-22-6-2-5-12(13(22)23)21-14(24)25-8-15(18,19)20/h1-6H,7-8H2,(H,21,24). The first-order valence-electron chi connectivity index (χ1n) is 6.80. The number of ether oxygens (including phenoxy) is 1. The van der Waals surface area contributed by atoms with Crippen LogP contribution in [0.15, 0.2) is 41.3 Å². The van der Waals surface area contributed by atoms with E-state index in [1.807, 2.05) is 5.32 Å². The molecule has 10 heteroatoms. The lowest BCUT2D eigenvalue weighted by molar-refractivity contribution is -0.159. The van der Waals surface area contributed by atoms with Crippen molar-refractivity contribution in [1.82, 2.24) is 4.57 Å². The molecule has 1 N–H and O–H groups in total. The third-order valence-electron chi connectivity index (χ3n) is 3.01. The zero-order chi connectivity index (χ0) is 18.6. The smallest absolute Gasteiger partial charge is 0.422 e. The zero-order valence-corrected chi connectivity index (χ0v) is 14.0. The van der Waals surface area contributed by atoms with Gasteiger partial charge >= 0.3 is 12.3 Å². The van der Waals surface area contributed by atoms with Gasteiger partial charge in [-0.15, -0.1) is 0 Å². The molecule has 0 aliphatic carbocycles. The molecule has 1 heterocycles. The maximum Gasteiger partial charge on any atom is 0.422 e. The summed E-state index contributed by atoms with van der Waals surface area (Å²) in [5.74, 6) is 0. The first-order valence-corrected chi connectivity index (χ1v) is 7.56. The normalized spacial score (nSPS) is 11.2. The molecule has 0 aliphatic heterocycles. The molecule has 0 unspecified atom stereocenters. The number of alkyl halides is 3. The Morgan fingerprint density at radius 2 is 1.80 bits per heavy atom. The van der Waals surface area contributed by atoms with Gasteiger partial charge in [0.15, 0.2) is 6.61 Å². The highest BCUT2D eigenvalue weighted by molar-refractivity contribution is 6.35. The molecule has 0 fully saturated rings. The minimum atomic E-state index is -4.66. The molecule has 0 atom stereocenters. The number of hydrogen-bond acceptors (Lipinski definition) is 3. The van der Waals surface area contributed by atoms with Gasteiger partial charge in [-0.05, 0) is 24.3 Å². The summed E-state index contributed by atoms with van der Waals surface area (Å²) in [5, 5.41) is 2.68. The van der Waals surface area contributed by atoms with Crippen molar-refractivity contribution in [1.29, 1.82) is 0 Å². The monoisotopic (exact) mass is 394 g/mol. The van der Waals surface area contributed by atoms with Crippen LogP contribution in [0.3, 0.4) is 0 Å². The second-order valence-electron chi connectivity index (χ2n) is 4.87. The van der Waals surface area contributed by atoms with Gasteiger partial charge in [-0.1, -0.05) is 29.3 Å². The van der Waals surface area contributed by atoms with Gasteiger partial charge in [0.2, 0.25) is 0 Å². The predicted molar refractivity (Wildman–Crippen MR) is 87.3 cm³/mol. The molecule has 1 aromatic carbocycles. The van der Waals surface area contributed by atoms with E-state index in [0.717, 1.165) is 0 Å². The quantitative estimate of drug-likeness (QED) is 0.839. The van der Waals surface area contributed by atoms with E-state index in [2.05, 4.69) is 4.74 Å². The van der Waals surface area contributed by atoms with Gasteiger partial charge in [0.1, 0.15) is 5.69 Å². The van der Waals surface area contributed by atoms with E-state index < -0.39 is 24.4 Å². The second-order valence-corrected chi connectivity index (χ2v) is 5.69. The molecule has 0 radical (unpaired) electrons. The van der Waals surface area contributed by atoms with Crippen molar-refractivity contribution in [3.63, 3.8) is 0 Å². The van der Waals surface area contributed by atoms with Crippen LogP contribution in [0, 0.1) is 0 Å². The predicted octanol–water partition coefficient (Wildman–Crippen LogP) is 4.31. The van der Waals surface area contributed by atoms with Crippen LogP contribution in [0.5, 0.6) is 0 Å². The van der Waals surface area contributed by atoms with E-state index in [1.165, 1.54) is 22.9 Å². The molecule has 1 aromatic heterocycles. The Bertz CT molecular complexity index is 817. The highest BCUT2D eigenvalue weighted by atomic mass is 35.5. The lowest BCUT2D eigenvalue weighted by atomic mass is 10.2. The number of benzene rings is 1. The van der Waals surface area contributed by atoms with Gasteiger partial charge in [-0.2, -0.15) is 13.2 Å². The average Bonchev–Trinajstić information content (AvgIpc) is 2.52. The summed E-state index contributed by atoms with van der Waals surface area (Å²) >= 11 is 12.1. The van der Waals surface area contributed by atoms with Crippen molar-refractivity contribution >= 4 is 35.0 Å². The number of carbonyl (C=O) groups excluding carboxylic acids is 1. The Kier molecular flexibility index (Phi) is 5.97. The third-order valence-corrected chi connectivity index (χ3v) is 3.72. The summed E-state index contributed by atoms with van der Waals surface area (Å²) in [6.45, 7) is -1.74. The summed E-state index contributed by atoms with van der Waals surface area (Å²) in [6, 6.07) is 7.52. The fourth-order valence-electron chi connectivity index (χ4n) is 1.90. The highest BCUT2D eigenvalue weighted by Crippen LogP contribution is 2.24. The minimum absolute atomic E-state index is 0.0183. The summed E-state index contributed by atoms with van der Waals surface area (Å²) in [5.41, 5.74) is -0.398. The molecular weight excluding hydrogens is 384 g/mol. The number of hydrogen-bond donors (Lipinski definition) is 1. The first-order chi connectivity index (χ1) is 11.7. The van der Waals surface area contributed by atoms with E-state index in [4.69, 9.17) is 23.2 Å². The molecule has 5 nitrogen and oxygen atoms in total. The zero-order valence-electron chi connectivity index (χ0n) is 12.4. The fraction of sp³-hybridized carbons (Fsp3) is 0.200. The number of carbonyl (C=O) groups is 1. The molecule has 25 heavy (non-hydrogen) atoms. The number of halogens is 5. The van der Waals surface area contributed by atoms with Gasteiger partial charge < -0.3 is 9.30 Å². The number of nitrogens with one attached hydrogen (secondary N) is 1. The molecule has 0 saturated heterocycles. The van der Waals surface area contributed by atoms with Crippen LogP contribution in [0.1, 0.15) is 5.56 Å². The Balaban J connectivity index is 2.17. The van der Waals surface area contributed by atoms with E-state index in [0.29, 0.717) is 15.6 Å². The molecule has 0 spiro atoms. The molecular formula is C15H11Cl2F3N2O3. The summed E-state index contributed by atoms with van der Waals surface area (Å²) in [4.78, 5) is 23.7. The lowest BCUT2D eigenvalue weighted by Gasteiger charge is -2.12. The molecule has 134 valence electrons. The number of anilines is 1. The van der Waals surface area contributed by atoms with Crippen molar-refractivity contribution in [2.45, 2.75) is 12.7 Å². The van der Waals surface area contributed by atoms with Crippen LogP contribution in [-0.4, -0.2) is 23.4 Å². The fourth-order valence-corrected chi connectivity index (χ4v) is 2.42. The van der Waals surface area contributed by atoms with Crippen molar-refractivity contribution in [2.24, 2.45) is 0 Å². The van der Waals surface area contributed by atoms with Crippen LogP contribution in [-0.2, 0) is 11.3 Å². The molecule has 0 aliphatic rings. The van der Waals surface area contributed by atoms with Crippen molar-refractivity contribution in [3.05, 3.63) is 62.5 Å². The molecule has 2 rings (SSSR count). The Hall–Kier alpha value is -2.19. The Labute approximate surface area is 149 Å². The Morgan fingerprint density at radius 1 is 1.16 bits per heavy atom. The number of nitrogens with zero attached hydrogens (tertiary/aromatic N) is 1. The molecule has 1 amide bonds. The van der Waals surface area contributed by atoms with E-state index in [-0.39, 0.29) is 12.2 Å². The summed E-state index contributed by atoms with van der Waals surface area (Å²) in [6.07, 6.45) is -4.62. The summed E-state index contributed by atoms with van der Waals surface area (Å²) in [7, 11) is 0. The summed E-state index contributed by atoms with van der Waals surface area (Å²) < 4.78 is 41.3. The minimum Gasteiger partial charge on any atom is -0.440 e. The number of aromatic nitrogens is 1. The van der Waals surface area contributed by atoms with Gasteiger partial charge in [0.25, 0.3) is 5.56 Å². The number of pyridine rings is 1. The van der Waals surface area contributed by atoms with Crippen molar-refractivity contribution in [2.75, 3.05) is 11.9 Å². The largest absolute Gasteiger partial charge is 0.440 e. The maximum atomic E-state index is 12.3. The van der Waals surface area contributed by atoms with Crippen LogP contribution >= 0.6 is 23.2 Å². The van der Waals surface area contributed by atoms with Gasteiger partial charge in [-0.25, -0.2) is 4.79 Å². The average molecular weight is 395 g/mol. The maximum absolute atomic E-state index is 12.3. The van der Waals surface area contributed by atoms with Crippen LogP contribution < -0.4 is 10.9 Å². The van der Waals surface area contributed by atoms with Crippen molar-refractivity contribution in [3.8, 4) is 0 Å². The number of rotatable bonds is 4. The number of amides is 1. The first kappa shape index (κ1) is 19.1. The SMILES string of the molecule is O=C(Nc1cccn(Cc2c(Cl)cccc2Cl)c1=O)OCC(F)(F)F. The van der Waals surface area contributed by atoms with Crippen LogP contribution in [0.4, 0.5) is 23.7 Å². The van der Waals surface area contributed by atoms with Gasteiger partial charge in [0.05, 0.1) is 6.54 Å². The molecule has 0 saturated carbocycles. The molecule has 0 bridgehead atoms. The van der Waals surface area contributed by atoms with E-state index >= 15 is 0 Å². The van der Waals surface area contributed by atoms with Crippen LogP contribution in [0.25, 0.3) is 0 Å². The van der Waals surface area contributed by atoms with Gasteiger partial charge in [0, 0.05) is 21.8 Å². The van der Waals surface area contributed by atoms with E-state index in [1.54, 1.807) is 18.2 Å². The van der Waals surface area contributed by atoms with Gasteiger partial charge in [-0.3, -0.25) is 10.1 Å². The second kappa shape index (κ2) is 7.79. The van der Waals surface area contributed by atoms with Crippen molar-refractivity contribution < 1.29 is 22.7 Å². The van der Waals surface area contributed by atoms with E-state index in [9.17, 15) is 22.8 Å².